The highest BCUT2D eigenvalue weighted by Crippen LogP contribution is 2.24. The predicted octanol–water partition coefficient (Wildman–Crippen LogP) is 3.21. The van der Waals surface area contributed by atoms with Gasteiger partial charge in [-0.25, -0.2) is 0 Å². The van der Waals surface area contributed by atoms with Gasteiger partial charge in [0.2, 0.25) is 0 Å². The summed E-state index contributed by atoms with van der Waals surface area (Å²) in [6.45, 7) is 1.19. The number of nitrogens with zero attached hydrogens (tertiary/aromatic N) is 1. The normalized spacial score (nSPS) is 18.4. The van der Waals surface area contributed by atoms with E-state index in [2.05, 4.69) is 54.6 Å². The Bertz CT molecular complexity index is 330. The van der Waals surface area contributed by atoms with Gasteiger partial charge in [0, 0.05) is 12.1 Å². The smallest absolute Gasteiger partial charge is 0.0329 e. The first-order chi connectivity index (χ1) is 8.81. The van der Waals surface area contributed by atoms with Gasteiger partial charge >= 0.3 is 0 Å². The summed E-state index contributed by atoms with van der Waals surface area (Å²) in [7, 11) is 4.35. The van der Waals surface area contributed by atoms with Crippen LogP contribution < -0.4 is 5.32 Å². The molecule has 1 atom stereocenters. The van der Waals surface area contributed by atoms with Crippen molar-refractivity contribution < 1.29 is 0 Å². The summed E-state index contributed by atoms with van der Waals surface area (Å²) in [5, 5.41) is 3.44. The Kier molecular flexibility index (Phi) is 5.21. The van der Waals surface area contributed by atoms with Crippen molar-refractivity contribution in [3.63, 3.8) is 0 Å². The fraction of sp³-hybridized carbons (Fsp3) is 0.625. The molecule has 0 amide bonds. The summed E-state index contributed by atoms with van der Waals surface area (Å²) in [6.07, 6.45) is 6.82. The maximum absolute atomic E-state index is 3.44. The summed E-state index contributed by atoms with van der Waals surface area (Å²) >= 11 is 0. The van der Waals surface area contributed by atoms with Gasteiger partial charge in [0.15, 0.2) is 0 Å². The molecule has 1 aliphatic rings. The van der Waals surface area contributed by atoms with Gasteiger partial charge in [-0.05, 0) is 45.5 Å². The highest BCUT2D eigenvalue weighted by atomic mass is 15.1. The zero-order valence-corrected chi connectivity index (χ0v) is 11.7. The minimum atomic E-state index is 0.482. The molecule has 0 bridgehead atoms. The Labute approximate surface area is 111 Å². The molecule has 0 heterocycles. The van der Waals surface area contributed by atoms with Crippen molar-refractivity contribution in [2.24, 2.45) is 0 Å². The van der Waals surface area contributed by atoms with Crippen molar-refractivity contribution >= 4 is 0 Å². The highest BCUT2D eigenvalue weighted by Gasteiger charge is 2.20. The van der Waals surface area contributed by atoms with E-state index in [4.69, 9.17) is 0 Å². The van der Waals surface area contributed by atoms with Crippen LogP contribution in [0.15, 0.2) is 30.3 Å². The molecule has 0 aromatic heterocycles. The van der Waals surface area contributed by atoms with Gasteiger partial charge in [-0.3, -0.25) is 0 Å². The van der Waals surface area contributed by atoms with Crippen LogP contribution in [-0.4, -0.2) is 31.6 Å². The van der Waals surface area contributed by atoms with Crippen LogP contribution in [0.2, 0.25) is 0 Å². The van der Waals surface area contributed by atoms with E-state index in [9.17, 15) is 0 Å². The molecule has 1 aromatic carbocycles. The molecule has 0 radical (unpaired) electrons. The summed E-state index contributed by atoms with van der Waals surface area (Å²) in [5.41, 5.74) is 1.40. The fourth-order valence-electron chi connectivity index (χ4n) is 3.02. The molecule has 2 nitrogen and oxygen atoms in total. The van der Waals surface area contributed by atoms with E-state index in [1.807, 2.05) is 0 Å². The molecule has 1 unspecified atom stereocenters. The molecular weight excluding hydrogens is 220 g/mol. The zero-order valence-electron chi connectivity index (χ0n) is 11.7. The van der Waals surface area contributed by atoms with Gasteiger partial charge in [-0.15, -0.1) is 0 Å². The quantitative estimate of drug-likeness (QED) is 0.829. The molecule has 1 fully saturated rings. The predicted molar refractivity (Wildman–Crippen MR) is 77.7 cm³/mol. The van der Waals surface area contributed by atoms with E-state index in [-0.39, 0.29) is 0 Å². The molecule has 0 aliphatic heterocycles. The Balaban J connectivity index is 1.83. The van der Waals surface area contributed by atoms with Gasteiger partial charge in [-0.1, -0.05) is 43.2 Å². The van der Waals surface area contributed by atoms with Crippen LogP contribution >= 0.6 is 0 Å². The molecule has 0 saturated heterocycles. The van der Waals surface area contributed by atoms with E-state index in [0.717, 1.165) is 6.04 Å². The van der Waals surface area contributed by atoms with Crippen LogP contribution in [0.5, 0.6) is 0 Å². The standard InChI is InChI=1S/C16H26N2/c1-17-16(14-8-4-3-5-9-14)12-13-18(2)15-10-6-7-11-15/h3-5,8-9,15-17H,6-7,10-13H2,1-2H3. The van der Waals surface area contributed by atoms with Gasteiger partial charge in [0.1, 0.15) is 0 Å². The molecular formula is C16H26N2. The van der Waals surface area contributed by atoms with Crippen LogP contribution in [0, 0.1) is 0 Å². The molecule has 1 N–H and O–H groups in total. The maximum Gasteiger partial charge on any atom is 0.0329 e. The lowest BCUT2D eigenvalue weighted by Crippen LogP contribution is -2.32. The minimum Gasteiger partial charge on any atom is -0.313 e. The Morgan fingerprint density at radius 2 is 1.89 bits per heavy atom. The molecule has 100 valence electrons. The van der Waals surface area contributed by atoms with E-state index in [1.54, 1.807) is 0 Å². The molecule has 2 heteroatoms. The first-order valence-corrected chi connectivity index (χ1v) is 7.23. The monoisotopic (exact) mass is 246 g/mol. The van der Waals surface area contributed by atoms with Crippen LogP contribution in [0.25, 0.3) is 0 Å². The van der Waals surface area contributed by atoms with Crippen LogP contribution in [0.4, 0.5) is 0 Å². The van der Waals surface area contributed by atoms with Crippen molar-refractivity contribution in [3.8, 4) is 0 Å². The molecule has 18 heavy (non-hydrogen) atoms. The van der Waals surface area contributed by atoms with Crippen molar-refractivity contribution in [1.29, 1.82) is 0 Å². The van der Waals surface area contributed by atoms with E-state index < -0.39 is 0 Å². The lowest BCUT2D eigenvalue weighted by atomic mass is 10.0. The second kappa shape index (κ2) is 6.91. The van der Waals surface area contributed by atoms with Gasteiger partial charge in [0.25, 0.3) is 0 Å². The largest absolute Gasteiger partial charge is 0.313 e. The third-order valence-electron chi connectivity index (χ3n) is 4.27. The molecule has 1 aliphatic carbocycles. The summed E-state index contributed by atoms with van der Waals surface area (Å²) in [4.78, 5) is 2.56. The number of rotatable bonds is 6. The fourth-order valence-corrected chi connectivity index (χ4v) is 3.02. The highest BCUT2D eigenvalue weighted by molar-refractivity contribution is 5.18. The summed E-state index contributed by atoms with van der Waals surface area (Å²) < 4.78 is 0. The second-order valence-corrected chi connectivity index (χ2v) is 5.46. The lowest BCUT2D eigenvalue weighted by Gasteiger charge is -2.26. The number of hydrogen-bond acceptors (Lipinski definition) is 2. The molecule has 0 spiro atoms. The topological polar surface area (TPSA) is 15.3 Å². The van der Waals surface area contributed by atoms with Gasteiger partial charge in [0.05, 0.1) is 0 Å². The second-order valence-electron chi connectivity index (χ2n) is 5.46. The van der Waals surface area contributed by atoms with E-state index >= 15 is 0 Å². The lowest BCUT2D eigenvalue weighted by molar-refractivity contribution is 0.233. The SMILES string of the molecule is CNC(CCN(C)C1CCCC1)c1ccccc1. The van der Waals surface area contributed by atoms with Crippen molar-refractivity contribution in [2.75, 3.05) is 20.6 Å². The molecule has 2 rings (SSSR count). The molecule has 1 aromatic rings. The average Bonchev–Trinajstić information content (AvgIpc) is 2.94. The van der Waals surface area contributed by atoms with Crippen LogP contribution in [-0.2, 0) is 0 Å². The van der Waals surface area contributed by atoms with Crippen molar-refractivity contribution in [1.82, 2.24) is 10.2 Å². The first kappa shape index (κ1) is 13.6. The van der Waals surface area contributed by atoms with Crippen LogP contribution in [0.1, 0.15) is 43.7 Å². The van der Waals surface area contributed by atoms with Gasteiger partial charge < -0.3 is 10.2 Å². The Morgan fingerprint density at radius 3 is 2.50 bits per heavy atom. The van der Waals surface area contributed by atoms with Gasteiger partial charge in [-0.2, -0.15) is 0 Å². The zero-order chi connectivity index (χ0) is 12.8. The van der Waals surface area contributed by atoms with Crippen LogP contribution in [0.3, 0.4) is 0 Å². The number of nitrogens with one attached hydrogen (secondary N) is 1. The molecule has 1 saturated carbocycles. The average molecular weight is 246 g/mol. The number of hydrogen-bond donors (Lipinski definition) is 1. The van der Waals surface area contributed by atoms with E-state index in [0.29, 0.717) is 6.04 Å². The third-order valence-corrected chi connectivity index (χ3v) is 4.27. The van der Waals surface area contributed by atoms with Crippen molar-refractivity contribution in [3.05, 3.63) is 35.9 Å². The summed E-state index contributed by atoms with van der Waals surface area (Å²) in [6, 6.07) is 12.1. The minimum absolute atomic E-state index is 0.482. The summed E-state index contributed by atoms with van der Waals surface area (Å²) in [5.74, 6) is 0. The van der Waals surface area contributed by atoms with Crippen molar-refractivity contribution in [2.45, 2.75) is 44.2 Å². The maximum atomic E-state index is 3.44. The third kappa shape index (κ3) is 3.56. The van der Waals surface area contributed by atoms with E-state index in [1.165, 1.54) is 44.2 Å². The Morgan fingerprint density at radius 1 is 1.22 bits per heavy atom. The Hall–Kier alpha value is -0.860. The number of benzene rings is 1. The first-order valence-electron chi connectivity index (χ1n) is 7.23.